The zero-order valence-corrected chi connectivity index (χ0v) is 8.29. The highest BCUT2D eigenvalue weighted by Gasteiger charge is 2.13. The third-order valence-corrected chi connectivity index (χ3v) is 2.74. The van der Waals surface area contributed by atoms with Crippen molar-refractivity contribution in [2.45, 2.75) is 25.7 Å². The van der Waals surface area contributed by atoms with Gasteiger partial charge in [0.25, 0.3) is 0 Å². The second-order valence-corrected chi connectivity index (χ2v) is 3.89. The topological polar surface area (TPSA) is 79.6 Å². The van der Waals surface area contributed by atoms with Gasteiger partial charge in [-0.25, -0.2) is 0 Å². The molecular weight excluding hydrogens is 178 g/mol. The van der Waals surface area contributed by atoms with Crippen LogP contribution in [0.5, 0.6) is 0 Å². The fourth-order valence-electron chi connectivity index (χ4n) is 1.93. The van der Waals surface area contributed by atoms with E-state index in [2.05, 4.69) is 20.5 Å². The maximum Gasteiger partial charge on any atom is 0.239 e. The number of anilines is 1. The van der Waals surface area contributed by atoms with Crippen molar-refractivity contribution < 1.29 is 0 Å². The number of aromatic nitrogens is 3. The minimum absolute atomic E-state index is 0.349. The van der Waals surface area contributed by atoms with Gasteiger partial charge in [0.05, 0.1) is 0 Å². The number of nitrogens with two attached hydrogens (primary N) is 1. The van der Waals surface area contributed by atoms with E-state index >= 15 is 0 Å². The van der Waals surface area contributed by atoms with Crippen LogP contribution < -0.4 is 11.1 Å². The van der Waals surface area contributed by atoms with E-state index in [1.54, 1.807) is 0 Å². The molecule has 0 saturated carbocycles. The maximum atomic E-state index is 5.42. The van der Waals surface area contributed by atoms with Crippen molar-refractivity contribution in [3.8, 4) is 0 Å². The summed E-state index contributed by atoms with van der Waals surface area (Å²) in [6, 6.07) is 0. The van der Waals surface area contributed by atoms with Gasteiger partial charge in [-0.05, 0) is 38.3 Å². The van der Waals surface area contributed by atoms with Crippen LogP contribution in [0.15, 0.2) is 0 Å². The van der Waals surface area contributed by atoms with Gasteiger partial charge in [-0.2, -0.15) is 4.98 Å². The molecule has 0 amide bonds. The molecule has 78 valence electrons. The van der Waals surface area contributed by atoms with Crippen LogP contribution in [-0.4, -0.2) is 28.3 Å². The fourth-order valence-corrected chi connectivity index (χ4v) is 1.93. The molecule has 14 heavy (non-hydrogen) atoms. The monoisotopic (exact) mass is 195 g/mol. The lowest BCUT2D eigenvalue weighted by Crippen LogP contribution is -2.30. The van der Waals surface area contributed by atoms with E-state index in [4.69, 9.17) is 5.73 Å². The van der Waals surface area contributed by atoms with Crippen LogP contribution in [0.3, 0.4) is 0 Å². The molecular formula is C9H17N5. The Bertz CT molecular complexity index is 276. The van der Waals surface area contributed by atoms with Crippen LogP contribution in [-0.2, 0) is 6.42 Å². The molecule has 1 unspecified atom stereocenters. The second-order valence-electron chi connectivity index (χ2n) is 3.89. The lowest BCUT2D eigenvalue weighted by molar-refractivity contribution is 0.356. The van der Waals surface area contributed by atoms with Crippen molar-refractivity contribution in [2.75, 3.05) is 18.8 Å². The van der Waals surface area contributed by atoms with Crippen LogP contribution in [0, 0.1) is 5.92 Å². The fraction of sp³-hybridized carbons (Fsp3) is 0.778. The third kappa shape index (κ3) is 2.45. The Morgan fingerprint density at radius 3 is 3.07 bits per heavy atom. The van der Waals surface area contributed by atoms with Crippen LogP contribution >= 0.6 is 0 Å². The molecule has 4 N–H and O–H groups in total. The molecule has 0 radical (unpaired) electrons. The standard InChI is InChI=1S/C9H17N5/c10-9-12-8(13-14-9)4-3-7-2-1-5-11-6-7/h7,11H,1-6H2,(H3,10,12,13,14). The van der Waals surface area contributed by atoms with E-state index in [0.29, 0.717) is 5.95 Å². The summed E-state index contributed by atoms with van der Waals surface area (Å²) in [5, 5.41) is 10.1. The molecule has 5 heteroatoms. The van der Waals surface area contributed by atoms with Crippen LogP contribution in [0.4, 0.5) is 5.95 Å². The minimum atomic E-state index is 0.349. The normalized spacial score (nSPS) is 22.4. The molecule has 1 aliphatic heterocycles. The number of nitrogen functional groups attached to an aromatic ring is 1. The number of rotatable bonds is 3. The number of nitrogens with one attached hydrogen (secondary N) is 2. The van der Waals surface area contributed by atoms with Crippen molar-refractivity contribution in [1.82, 2.24) is 20.5 Å². The Morgan fingerprint density at radius 1 is 1.50 bits per heavy atom. The number of hydrogen-bond donors (Lipinski definition) is 3. The van der Waals surface area contributed by atoms with E-state index in [9.17, 15) is 0 Å². The molecule has 1 aromatic heterocycles. The first-order valence-electron chi connectivity index (χ1n) is 5.22. The molecule has 0 aliphatic carbocycles. The SMILES string of the molecule is Nc1n[nH]c(CCC2CCCNC2)n1. The van der Waals surface area contributed by atoms with Gasteiger partial charge in [0.15, 0.2) is 0 Å². The number of aromatic amines is 1. The molecule has 1 atom stereocenters. The average Bonchev–Trinajstić information content (AvgIpc) is 2.63. The van der Waals surface area contributed by atoms with E-state index in [1.165, 1.54) is 25.8 Å². The molecule has 0 bridgehead atoms. The number of hydrogen-bond acceptors (Lipinski definition) is 4. The summed E-state index contributed by atoms with van der Waals surface area (Å²) in [6.07, 6.45) is 4.75. The average molecular weight is 195 g/mol. The highest BCUT2D eigenvalue weighted by molar-refractivity contribution is 5.12. The van der Waals surface area contributed by atoms with E-state index in [1.807, 2.05) is 0 Å². The molecule has 1 aromatic rings. The first-order chi connectivity index (χ1) is 6.84. The van der Waals surface area contributed by atoms with Crippen molar-refractivity contribution in [3.05, 3.63) is 5.82 Å². The molecule has 0 spiro atoms. The zero-order valence-electron chi connectivity index (χ0n) is 8.29. The summed E-state index contributed by atoms with van der Waals surface area (Å²) in [5.41, 5.74) is 5.42. The third-order valence-electron chi connectivity index (χ3n) is 2.74. The Morgan fingerprint density at radius 2 is 2.43 bits per heavy atom. The van der Waals surface area contributed by atoms with Crippen molar-refractivity contribution in [3.63, 3.8) is 0 Å². The number of H-pyrrole nitrogens is 1. The second kappa shape index (κ2) is 4.41. The number of nitrogens with zero attached hydrogens (tertiary/aromatic N) is 2. The van der Waals surface area contributed by atoms with Gasteiger partial charge in [0.1, 0.15) is 5.82 Å². The predicted molar refractivity (Wildman–Crippen MR) is 54.7 cm³/mol. The van der Waals surface area contributed by atoms with Crippen molar-refractivity contribution in [2.24, 2.45) is 5.92 Å². The Labute approximate surface area is 83.5 Å². The lowest BCUT2D eigenvalue weighted by Gasteiger charge is -2.21. The largest absolute Gasteiger partial charge is 0.367 e. The van der Waals surface area contributed by atoms with Gasteiger partial charge in [0, 0.05) is 6.42 Å². The van der Waals surface area contributed by atoms with Crippen LogP contribution in [0.2, 0.25) is 0 Å². The Kier molecular flexibility index (Phi) is 2.98. The molecule has 5 nitrogen and oxygen atoms in total. The first-order valence-corrected chi connectivity index (χ1v) is 5.22. The van der Waals surface area contributed by atoms with Gasteiger partial charge in [-0.1, -0.05) is 0 Å². The van der Waals surface area contributed by atoms with Crippen LogP contribution in [0.1, 0.15) is 25.1 Å². The Hall–Kier alpha value is -1.10. The number of aryl methyl sites for hydroxylation is 1. The summed E-state index contributed by atoms with van der Waals surface area (Å²) in [5.74, 6) is 2.05. The molecule has 1 fully saturated rings. The maximum absolute atomic E-state index is 5.42. The highest BCUT2D eigenvalue weighted by atomic mass is 15.3. The summed E-state index contributed by atoms with van der Waals surface area (Å²) in [4.78, 5) is 4.09. The van der Waals surface area contributed by atoms with Gasteiger partial charge >= 0.3 is 0 Å². The van der Waals surface area contributed by atoms with Gasteiger partial charge < -0.3 is 11.1 Å². The zero-order chi connectivity index (χ0) is 9.80. The Balaban J connectivity index is 1.76. The molecule has 1 saturated heterocycles. The quantitative estimate of drug-likeness (QED) is 0.649. The van der Waals surface area contributed by atoms with Gasteiger partial charge in [-0.3, -0.25) is 5.10 Å². The molecule has 0 aromatic carbocycles. The summed E-state index contributed by atoms with van der Waals surface area (Å²) in [7, 11) is 0. The smallest absolute Gasteiger partial charge is 0.239 e. The summed E-state index contributed by atoms with van der Waals surface area (Å²) >= 11 is 0. The predicted octanol–water partition coefficient (Wildman–Crippen LogP) is 0.319. The minimum Gasteiger partial charge on any atom is -0.367 e. The van der Waals surface area contributed by atoms with Crippen molar-refractivity contribution in [1.29, 1.82) is 0 Å². The van der Waals surface area contributed by atoms with Gasteiger partial charge in [0.2, 0.25) is 5.95 Å². The first kappa shape index (κ1) is 9.45. The number of piperidine rings is 1. The highest BCUT2D eigenvalue weighted by Crippen LogP contribution is 2.15. The molecule has 2 rings (SSSR count). The summed E-state index contributed by atoms with van der Waals surface area (Å²) < 4.78 is 0. The van der Waals surface area contributed by atoms with E-state index in [0.717, 1.165) is 24.7 Å². The van der Waals surface area contributed by atoms with E-state index in [-0.39, 0.29) is 0 Å². The van der Waals surface area contributed by atoms with Crippen molar-refractivity contribution >= 4 is 5.95 Å². The molecule has 1 aliphatic rings. The van der Waals surface area contributed by atoms with Gasteiger partial charge in [-0.15, -0.1) is 5.10 Å². The van der Waals surface area contributed by atoms with Crippen LogP contribution in [0.25, 0.3) is 0 Å². The molecule has 2 heterocycles. The van der Waals surface area contributed by atoms with E-state index < -0.39 is 0 Å². The summed E-state index contributed by atoms with van der Waals surface area (Å²) in [6.45, 7) is 2.31. The lowest BCUT2D eigenvalue weighted by atomic mass is 9.95.